The minimum Gasteiger partial charge on any atom is -0.493 e. The Balaban J connectivity index is 1.47. The molecule has 3 atom stereocenters. The van der Waals surface area contributed by atoms with Gasteiger partial charge in [0, 0.05) is 29.9 Å². The van der Waals surface area contributed by atoms with Crippen LogP contribution < -0.4 is 10.6 Å². The van der Waals surface area contributed by atoms with Crippen LogP contribution in [0.4, 0.5) is 8.78 Å². The summed E-state index contributed by atoms with van der Waals surface area (Å²) in [5.74, 6) is -1.89. The van der Waals surface area contributed by atoms with Gasteiger partial charge in [-0.3, -0.25) is 4.79 Å². The Bertz CT molecular complexity index is 1140. The van der Waals surface area contributed by atoms with Crippen molar-refractivity contribution in [2.45, 2.75) is 25.6 Å². The molecule has 3 heterocycles. The van der Waals surface area contributed by atoms with Gasteiger partial charge in [0.25, 0.3) is 5.91 Å². The first-order valence-electron chi connectivity index (χ1n) is 10.7. The Labute approximate surface area is 195 Å². The molecule has 0 saturated carbocycles. The highest BCUT2D eigenvalue weighted by molar-refractivity contribution is 5.95. The van der Waals surface area contributed by atoms with Crippen LogP contribution in [0.2, 0.25) is 0 Å². The molecular formula is C24H25F2N5O3. The van der Waals surface area contributed by atoms with E-state index in [1.54, 1.807) is 37.1 Å². The van der Waals surface area contributed by atoms with Crippen molar-refractivity contribution in [3.8, 4) is 0 Å². The molecule has 4 rings (SSSR count). The van der Waals surface area contributed by atoms with Gasteiger partial charge in [-0.15, -0.1) is 0 Å². The summed E-state index contributed by atoms with van der Waals surface area (Å²) in [6.07, 6.45) is 13.9. The van der Waals surface area contributed by atoms with Gasteiger partial charge in [-0.25, -0.2) is 18.7 Å². The normalized spacial score (nSPS) is 23.2. The van der Waals surface area contributed by atoms with Crippen molar-refractivity contribution in [1.29, 1.82) is 0 Å². The number of aromatic nitrogens is 2. The second-order valence-electron chi connectivity index (χ2n) is 8.29. The van der Waals surface area contributed by atoms with Crippen LogP contribution in [0.1, 0.15) is 19.4 Å². The molecule has 3 N–H and O–H groups in total. The fourth-order valence-electron chi connectivity index (χ4n) is 3.86. The molecule has 0 aromatic carbocycles. The Morgan fingerprint density at radius 3 is 2.79 bits per heavy atom. The van der Waals surface area contributed by atoms with Crippen LogP contribution in [0.15, 0.2) is 90.2 Å². The van der Waals surface area contributed by atoms with Crippen LogP contribution >= 0.6 is 0 Å². The summed E-state index contributed by atoms with van der Waals surface area (Å²) in [4.78, 5) is 22.9. The van der Waals surface area contributed by atoms with Crippen molar-refractivity contribution in [2.24, 2.45) is 5.92 Å². The minimum atomic E-state index is -1.10. The Kier molecular flexibility index (Phi) is 6.60. The number of nitrogens with zero attached hydrogens (tertiary/aromatic N) is 3. The lowest BCUT2D eigenvalue weighted by Crippen LogP contribution is -2.49. The fourth-order valence-corrected chi connectivity index (χ4v) is 3.86. The van der Waals surface area contributed by atoms with Crippen LogP contribution in [0, 0.1) is 5.92 Å². The molecule has 0 spiro atoms. The van der Waals surface area contributed by atoms with E-state index in [0.717, 1.165) is 0 Å². The lowest BCUT2D eigenvalue weighted by molar-refractivity contribution is -0.121. The molecule has 2 aliphatic heterocycles. The van der Waals surface area contributed by atoms with E-state index in [4.69, 9.17) is 4.74 Å². The van der Waals surface area contributed by atoms with Gasteiger partial charge in [0.15, 0.2) is 6.17 Å². The molecule has 1 aromatic heterocycles. The number of aliphatic hydroxyl groups excluding tert-OH is 1. The molecular weight excluding hydrogens is 444 g/mol. The van der Waals surface area contributed by atoms with Crippen molar-refractivity contribution in [3.05, 3.63) is 95.7 Å². The van der Waals surface area contributed by atoms with Crippen LogP contribution in [-0.2, 0) is 15.1 Å². The van der Waals surface area contributed by atoms with Gasteiger partial charge in [0.2, 0.25) is 0 Å². The van der Waals surface area contributed by atoms with Crippen molar-refractivity contribution < 1.29 is 23.4 Å². The minimum absolute atomic E-state index is 0.111. The van der Waals surface area contributed by atoms with Crippen LogP contribution in [0.5, 0.6) is 0 Å². The zero-order chi connectivity index (χ0) is 24.3. The van der Waals surface area contributed by atoms with Gasteiger partial charge in [0.1, 0.15) is 36.0 Å². The number of ether oxygens (including phenoxy) is 1. The molecule has 0 saturated heterocycles. The maximum Gasteiger partial charge on any atom is 0.270 e. The van der Waals surface area contributed by atoms with E-state index < -0.39 is 35.2 Å². The van der Waals surface area contributed by atoms with Crippen molar-refractivity contribution >= 4 is 5.91 Å². The van der Waals surface area contributed by atoms with E-state index in [9.17, 15) is 18.7 Å². The van der Waals surface area contributed by atoms with E-state index in [-0.39, 0.29) is 13.2 Å². The predicted octanol–water partition coefficient (Wildman–Crippen LogP) is 2.58. The maximum absolute atomic E-state index is 14.2. The number of carbonyl (C=O) groups is 1. The van der Waals surface area contributed by atoms with Gasteiger partial charge >= 0.3 is 0 Å². The number of amides is 1. The van der Waals surface area contributed by atoms with Crippen LogP contribution in [0.25, 0.3) is 0 Å². The smallest absolute Gasteiger partial charge is 0.270 e. The van der Waals surface area contributed by atoms with E-state index in [1.807, 2.05) is 0 Å². The molecule has 1 amide bonds. The second kappa shape index (κ2) is 9.60. The standard InChI is InChI=1S/C24H25F2N5O3/c1-15-21(23(33)30-24(2,13-32)17-10-27-14-28-11-17)31-8-4-7-20(22(31)29-15)34-12-16-9-18(25)5-3-6-19(16)26/h3-11,14,16,22,29,32H,12-13H2,1-2H3,(H,30,33). The van der Waals surface area contributed by atoms with E-state index >= 15 is 0 Å². The molecule has 34 heavy (non-hydrogen) atoms. The zero-order valence-corrected chi connectivity index (χ0v) is 18.7. The number of carbonyl (C=O) groups excluding carboxylic acids is 1. The van der Waals surface area contributed by atoms with Gasteiger partial charge in [0.05, 0.1) is 18.1 Å². The van der Waals surface area contributed by atoms with Crippen molar-refractivity contribution in [2.75, 3.05) is 13.2 Å². The molecule has 0 fully saturated rings. The largest absolute Gasteiger partial charge is 0.493 e. The van der Waals surface area contributed by atoms with Crippen LogP contribution in [0.3, 0.4) is 0 Å². The molecule has 3 aliphatic rings. The van der Waals surface area contributed by atoms with E-state index in [2.05, 4.69) is 20.6 Å². The molecule has 0 radical (unpaired) electrons. The monoisotopic (exact) mass is 469 g/mol. The maximum atomic E-state index is 14.2. The summed E-state index contributed by atoms with van der Waals surface area (Å²) >= 11 is 0. The first kappa shape index (κ1) is 23.4. The topological polar surface area (TPSA) is 99.6 Å². The number of aliphatic hydroxyl groups is 1. The van der Waals surface area contributed by atoms with Crippen molar-refractivity contribution in [1.82, 2.24) is 25.5 Å². The highest BCUT2D eigenvalue weighted by Crippen LogP contribution is 2.31. The first-order valence-corrected chi connectivity index (χ1v) is 10.7. The van der Waals surface area contributed by atoms with E-state index in [0.29, 0.717) is 22.7 Å². The number of allylic oxidation sites excluding steroid dienone is 7. The number of hydrogen-bond acceptors (Lipinski definition) is 7. The SMILES string of the molecule is CC1=C(C(=O)NC(C)(CO)c2cncnc2)N2C=CC=C(OCC3C=C(F)C=CC=C3F)C2N1. The van der Waals surface area contributed by atoms with Gasteiger partial charge in [-0.2, -0.15) is 0 Å². The van der Waals surface area contributed by atoms with E-state index in [1.165, 1.54) is 43.0 Å². The third-order valence-corrected chi connectivity index (χ3v) is 5.79. The van der Waals surface area contributed by atoms with Crippen molar-refractivity contribution in [3.63, 3.8) is 0 Å². The summed E-state index contributed by atoms with van der Waals surface area (Å²) < 4.78 is 33.8. The molecule has 1 aliphatic carbocycles. The third-order valence-electron chi connectivity index (χ3n) is 5.79. The molecule has 8 nitrogen and oxygen atoms in total. The number of nitrogens with one attached hydrogen (secondary N) is 2. The van der Waals surface area contributed by atoms with Crippen LogP contribution in [-0.4, -0.2) is 45.3 Å². The molecule has 178 valence electrons. The van der Waals surface area contributed by atoms with Gasteiger partial charge < -0.3 is 25.4 Å². The Morgan fingerprint density at radius 1 is 1.29 bits per heavy atom. The fraction of sp³-hybridized carbons (Fsp3) is 0.292. The lowest BCUT2D eigenvalue weighted by atomic mass is 9.95. The van der Waals surface area contributed by atoms with Gasteiger partial charge in [-0.05, 0) is 44.2 Å². The number of hydrogen-bond donors (Lipinski definition) is 3. The molecule has 1 aromatic rings. The third kappa shape index (κ3) is 4.62. The second-order valence-corrected chi connectivity index (χ2v) is 8.29. The summed E-state index contributed by atoms with van der Waals surface area (Å²) in [6, 6.07) is 0. The number of rotatable bonds is 7. The average Bonchev–Trinajstić information content (AvgIpc) is 3.09. The highest BCUT2D eigenvalue weighted by atomic mass is 19.1. The zero-order valence-electron chi connectivity index (χ0n) is 18.7. The summed E-state index contributed by atoms with van der Waals surface area (Å²) in [5, 5.41) is 16.1. The Hall–Kier alpha value is -3.79. The summed E-state index contributed by atoms with van der Waals surface area (Å²) in [5.41, 5.74) is 0.371. The summed E-state index contributed by atoms with van der Waals surface area (Å²) in [6.45, 7) is 2.95. The predicted molar refractivity (Wildman–Crippen MR) is 120 cm³/mol. The first-order chi connectivity index (χ1) is 16.3. The molecule has 10 heteroatoms. The lowest BCUT2D eigenvalue weighted by Gasteiger charge is -2.32. The number of fused-ring (bicyclic) bond motifs is 1. The summed E-state index contributed by atoms with van der Waals surface area (Å²) in [7, 11) is 0. The average molecular weight is 469 g/mol. The van der Waals surface area contributed by atoms with Gasteiger partial charge in [-0.1, -0.05) is 6.08 Å². The molecule has 0 bridgehead atoms. The molecule has 3 unspecified atom stereocenters. The Morgan fingerprint density at radius 2 is 2.06 bits per heavy atom. The highest BCUT2D eigenvalue weighted by Gasteiger charge is 2.39. The number of halogens is 2. The quantitative estimate of drug-likeness (QED) is 0.565.